The zero-order valence-corrected chi connectivity index (χ0v) is 12.6. The van der Waals surface area contributed by atoms with Crippen molar-refractivity contribution < 1.29 is 0 Å². The van der Waals surface area contributed by atoms with Gasteiger partial charge < -0.3 is 4.90 Å². The van der Waals surface area contributed by atoms with Crippen LogP contribution in [0.4, 0.5) is 0 Å². The largest absolute Gasteiger partial charge is 0.303 e. The van der Waals surface area contributed by atoms with E-state index in [1.165, 1.54) is 45.3 Å². The lowest BCUT2D eigenvalue weighted by atomic mass is 9.97. The molecule has 108 valence electrons. The highest BCUT2D eigenvalue weighted by atomic mass is 15.1. The van der Waals surface area contributed by atoms with Gasteiger partial charge in [0.25, 0.3) is 0 Å². The van der Waals surface area contributed by atoms with Crippen LogP contribution < -0.4 is 5.32 Å². The molecule has 1 unspecified atom stereocenters. The summed E-state index contributed by atoms with van der Waals surface area (Å²) in [6, 6.07) is 2.43. The molecule has 2 aliphatic rings. The predicted octanol–water partition coefficient (Wildman–Crippen LogP) is 2.78. The highest BCUT2D eigenvalue weighted by molar-refractivity contribution is 5.03. The molecule has 19 heavy (non-hydrogen) atoms. The number of hydrogen-bond acceptors (Lipinski definition) is 3. The first-order chi connectivity index (χ1) is 9.15. The van der Waals surface area contributed by atoms with Gasteiger partial charge in [0.05, 0.1) is 6.07 Å². The van der Waals surface area contributed by atoms with E-state index in [0.717, 1.165) is 31.2 Å². The fourth-order valence-electron chi connectivity index (χ4n) is 2.82. The van der Waals surface area contributed by atoms with Crippen molar-refractivity contribution in [2.24, 2.45) is 11.8 Å². The molecular weight excluding hydrogens is 234 g/mol. The molecule has 0 amide bonds. The first-order valence-electron chi connectivity index (χ1n) is 8.04. The molecule has 2 aliphatic carbocycles. The first kappa shape index (κ1) is 14.8. The molecule has 2 fully saturated rings. The summed E-state index contributed by atoms with van der Waals surface area (Å²) in [5.74, 6) is 1.96. The SMILES string of the molecule is CCNC(C)(C#N)CCCN(CC1CC1)CC1CC1. The molecule has 1 N–H and O–H groups in total. The number of nitrogens with zero attached hydrogens (tertiary/aromatic N) is 2. The van der Waals surface area contributed by atoms with Crippen LogP contribution in [0.25, 0.3) is 0 Å². The Hall–Kier alpha value is -0.590. The monoisotopic (exact) mass is 263 g/mol. The van der Waals surface area contributed by atoms with Gasteiger partial charge in [-0.1, -0.05) is 6.92 Å². The summed E-state index contributed by atoms with van der Waals surface area (Å²) in [4.78, 5) is 2.67. The van der Waals surface area contributed by atoms with E-state index in [-0.39, 0.29) is 5.54 Å². The molecule has 2 rings (SSSR count). The van der Waals surface area contributed by atoms with Gasteiger partial charge in [0.15, 0.2) is 0 Å². The second-order valence-electron chi connectivity index (χ2n) is 6.72. The van der Waals surface area contributed by atoms with Crippen molar-refractivity contribution in [1.29, 1.82) is 5.26 Å². The molecule has 0 aromatic heterocycles. The van der Waals surface area contributed by atoms with Gasteiger partial charge in [0.2, 0.25) is 0 Å². The van der Waals surface area contributed by atoms with Crippen LogP contribution >= 0.6 is 0 Å². The van der Waals surface area contributed by atoms with Crippen molar-refractivity contribution in [3.63, 3.8) is 0 Å². The fourth-order valence-corrected chi connectivity index (χ4v) is 2.82. The third kappa shape index (κ3) is 5.50. The molecule has 2 saturated carbocycles. The van der Waals surface area contributed by atoms with Gasteiger partial charge in [-0.15, -0.1) is 0 Å². The molecule has 0 radical (unpaired) electrons. The van der Waals surface area contributed by atoms with Crippen LogP contribution in [-0.4, -0.2) is 36.6 Å². The van der Waals surface area contributed by atoms with Gasteiger partial charge in [0, 0.05) is 13.1 Å². The molecule has 0 aliphatic heterocycles. The Bertz CT molecular complexity index is 300. The zero-order chi connectivity index (χ0) is 13.7. The lowest BCUT2D eigenvalue weighted by Crippen LogP contribution is -2.41. The second-order valence-corrected chi connectivity index (χ2v) is 6.72. The normalized spacial score (nSPS) is 22.2. The lowest BCUT2D eigenvalue weighted by Gasteiger charge is -2.26. The van der Waals surface area contributed by atoms with Crippen molar-refractivity contribution in [3.05, 3.63) is 0 Å². The van der Waals surface area contributed by atoms with Crippen molar-refractivity contribution >= 4 is 0 Å². The van der Waals surface area contributed by atoms with Gasteiger partial charge in [-0.05, 0) is 70.4 Å². The molecular formula is C16H29N3. The minimum Gasteiger partial charge on any atom is -0.303 e. The third-order valence-electron chi connectivity index (χ3n) is 4.39. The Labute approximate surface area is 118 Å². The van der Waals surface area contributed by atoms with Crippen LogP contribution in [0.3, 0.4) is 0 Å². The number of nitriles is 1. The molecule has 0 heterocycles. The summed E-state index contributed by atoms with van der Waals surface area (Å²) in [7, 11) is 0. The van der Waals surface area contributed by atoms with Gasteiger partial charge >= 0.3 is 0 Å². The summed E-state index contributed by atoms with van der Waals surface area (Å²) in [5.41, 5.74) is -0.334. The Morgan fingerprint density at radius 2 is 1.79 bits per heavy atom. The Balaban J connectivity index is 1.69. The van der Waals surface area contributed by atoms with Crippen molar-refractivity contribution in [2.75, 3.05) is 26.2 Å². The average Bonchev–Trinajstić information content (AvgIpc) is 3.25. The summed E-state index contributed by atoms with van der Waals surface area (Å²) in [5, 5.41) is 12.6. The first-order valence-corrected chi connectivity index (χ1v) is 8.04. The molecule has 0 bridgehead atoms. The van der Waals surface area contributed by atoms with Gasteiger partial charge in [0.1, 0.15) is 5.54 Å². The average molecular weight is 263 g/mol. The predicted molar refractivity (Wildman–Crippen MR) is 78.8 cm³/mol. The standard InChI is InChI=1S/C16H29N3/c1-3-18-16(2,13-17)9-4-10-19(11-14-5-6-14)12-15-7-8-15/h14-15,18H,3-12H2,1-2H3. The molecule has 0 saturated heterocycles. The maximum absolute atomic E-state index is 9.27. The van der Waals surface area contributed by atoms with E-state index in [4.69, 9.17) is 0 Å². The summed E-state index contributed by atoms with van der Waals surface area (Å²) in [6.07, 6.45) is 7.85. The molecule has 0 spiro atoms. The fraction of sp³-hybridized carbons (Fsp3) is 0.938. The topological polar surface area (TPSA) is 39.1 Å². The van der Waals surface area contributed by atoms with Gasteiger partial charge in [-0.2, -0.15) is 5.26 Å². The highest BCUT2D eigenvalue weighted by Gasteiger charge is 2.29. The minimum atomic E-state index is -0.334. The molecule has 0 aromatic rings. The third-order valence-corrected chi connectivity index (χ3v) is 4.39. The van der Waals surface area contributed by atoms with Crippen LogP contribution in [0.1, 0.15) is 52.4 Å². The van der Waals surface area contributed by atoms with Crippen molar-refractivity contribution in [2.45, 2.75) is 57.9 Å². The molecule has 3 nitrogen and oxygen atoms in total. The van der Waals surface area contributed by atoms with E-state index in [9.17, 15) is 5.26 Å². The van der Waals surface area contributed by atoms with Crippen LogP contribution in [0.2, 0.25) is 0 Å². The van der Waals surface area contributed by atoms with Crippen LogP contribution in [0, 0.1) is 23.2 Å². The van der Waals surface area contributed by atoms with Crippen LogP contribution in [0.5, 0.6) is 0 Å². The number of rotatable bonds is 10. The molecule has 1 atom stereocenters. The highest BCUT2D eigenvalue weighted by Crippen LogP contribution is 2.33. The van der Waals surface area contributed by atoms with E-state index in [1.807, 2.05) is 6.92 Å². The maximum Gasteiger partial charge on any atom is 0.103 e. The smallest absolute Gasteiger partial charge is 0.103 e. The van der Waals surface area contributed by atoms with Gasteiger partial charge in [-0.25, -0.2) is 0 Å². The van der Waals surface area contributed by atoms with Crippen LogP contribution in [-0.2, 0) is 0 Å². The summed E-state index contributed by atoms with van der Waals surface area (Å²) in [6.45, 7) is 8.76. The Morgan fingerprint density at radius 1 is 1.21 bits per heavy atom. The van der Waals surface area contributed by atoms with E-state index in [2.05, 4.69) is 23.2 Å². The van der Waals surface area contributed by atoms with Crippen molar-refractivity contribution in [1.82, 2.24) is 10.2 Å². The van der Waals surface area contributed by atoms with Gasteiger partial charge in [-0.3, -0.25) is 5.32 Å². The molecule has 3 heteroatoms. The number of hydrogen-bond donors (Lipinski definition) is 1. The maximum atomic E-state index is 9.27. The quantitative estimate of drug-likeness (QED) is 0.659. The van der Waals surface area contributed by atoms with Crippen molar-refractivity contribution in [3.8, 4) is 6.07 Å². The lowest BCUT2D eigenvalue weighted by molar-refractivity contribution is 0.239. The zero-order valence-electron chi connectivity index (χ0n) is 12.6. The van der Waals surface area contributed by atoms with E-state index < -0.39 is 0 Å². The Kier molecular flexibility index (Phi) is 5.24. The summed E-state index contributed by atoms with van der Waals surface area (Å²) < 4.78 is 0. The Morgan fingerprint density at radius 3 is 2.21 bits per heavy atom. The van der Waals surface area contributed by atoms with E-state index in [0.29, 0.717) is 0 Å². The van der Waals surface area contributed by atoms with E-state index in [1.54, 1.807) is 0 Å². The minimum absolute atomic E-state index is 0.334. The van der Waals surface area contributed by atoms with E-state index >= 15 is 0 Å². The number of nitrogens with one attached hydrogen (secondary N) is 1. The second kappa shape index (κ2) is 6.72. The van der Waals surface area contributed by atoms with Crippen LogP contribution in [0.15, 0.2) is 0 Å². The molecule has 0 aromatic carbocycles. The summed E-state index contributed by atoms with van der Waals surface area (Å²) >= 11 is 0.